The SMILES string of the molecule is COc1cccc(CN2C3CCC2CC(O)(Cn2ccc4ccncc42)C3)c1F. The highest BCUT2D eigenvalue weighted by Gasteiger charge is 2.47. The lowest BCUT2D eigenvalue weighted by molar-refractivity contribution is -0.0646. The summed E-state index contributed by atoms with van der Waals surface area (Å²) in [6.07, 6.45) is 9.18. The molecular weight excluding hydrogens is 369 g/mol. The molecule has 5 rings (SSSR count). The largest absolute Gasteiger partial charge is 0.494 e. The molecular formula is C23H26FN3O2. The molecule has 2 bridgehead atoms. The molecule has 2 saturated heterocycles. The monoisotopic (exact) mass is 395 g/mol. The first-order chi connectivity index (χ1) is 14.1. The summed E-state index contributed by atoms with van der Waals surface area (Å²) in [6.45, 7) is 1.13. The number of ether oxygens (including phenoxy) is 1. The molecule has 2 unspecified atom stereocenters. The number of rotatable bonds is 5. The number of nitrogens with zero attached hydrogens (tertiary/aromatic N) is 3. The summed E-state index contributed by atoms with van der Waals surface area (Å²) in [5.74, 6) is 0.0120. The fourth-order valence-electron chi connectivity index (χ4n) is 5.32. The van der Waals surface area contributed by atoms with Gasteiger partial charge in [0.05, 0.1) is 31.0 Å². The molecule has 0 amide bonds. The second-order valence-electron chi connectivity index (χ2n) is 8.50. The number of methoxy groups -OCH3 is 1. The molecule has 0 radical (unpaired) electrons. The van der Waals surface area contributed by atoms with Gasteiger partial charge in [0.15, 0.2) is 11.6 Å². The van der Waals surface area contributed by atoms with Crippen molar-refractivity contribution >= 4 is 10.9 Å². The molecule has 1 aromatic carbocycles. The summed E-state index contributed by atoms with van der Waals surface area (Å²) in [6, 6.07) is 9.91. The molecule has 2 aliphatic rings. The Morgan fingerprint density at radius 1 is 1.21 bits per heavy atom. The molecule has 3 aromatic rings. The van der Waals surface area contributed by atoms with Crippen molar-refractivity contribution < 1.29 is 14.2 Å². The Bertz CT molecular complexity index is 1020. The summed E-state index contributed by atoms with van der Waals surface area (Å²) in [5.41, 5.74) is 0.958. The van der Waals surface area contributed by atoms with Gasteiger partial charge in [-0.05, 0) is 43.9 Å². The maximum atomic E-state index is 14.6. The van der Waals surface area contributed by atoms with Crippen molar-refractivity contribution in [3.8, 4) is 5.75 Å². The molecule has 1 N–H and O–H groups in total. The molecule has 2 fully saturated rings. The van der Waals surface area contributed by atoms with Crippen molar-refractivity contribution in [1.29, 1.82) is 0 Å². The van der Waals surface area contributed by atoms with E-state index < -0.39 is 5.60 Å². The summed E-state index contributed by atoms with van der Waals surface area (Å²) >= 11 is 0. The summed E-state index contributed by atoms with van der Waals surface area (Å²) < 4.78 is 21.9. The quantitative estimate of drug-likeness (QED) is 0.715. The first kappa shape index (κ1) is 18.6. The summed E-state index contributed by atoms with van der Waals surface area (Å²) in [4.78, 5) is 6.61. The fraction of sp³-hybridized carbons (Fsp3) is 0.435. The molecule has 5 nitrogen and oxygen atoms in total. The van der Waals surface area contributed by atoms with Crippen molar-refractivity contribution in [2.45, 2.75) is 56.5 Å². The van der Waals surface area contributed by atoms with Crippen molar-refractivity contribution in [2.24, 2.45) is 0 Å². The predicted octanol–water partition coefficient (Wildman–Crippen LogP) is 3.74. The van der Waals surface area contributed by atoms with Gasteiger partial charge in [-0.1, -0.05) is 12.1 Å². The van der Waals surface area contributed by atoms with E-state index in [4.69, 9.17) is 4.74 Å². The van der Waals surface area contributed by atoms with E-state index in [2.05, 4.69) is 20.5 Å². The Morgan fingerprint density at radius 3 is 2.76 bits per heavy atom. The molecule has 0 spiro atoms. The third kappa shape index (κ3) is 3.30. The fourth-order valence-corrected chi connectivity index (χ4v) is 5.32. The van der Waals surface area contributed by atoms with Gasteiger partial charge in [-0.15, -0.1) is 0 Å². The van der Waals surface area contributed by atoms with Crippen LogP contribution < -0.4 is 4.74 Å². The number of aliphatic hydroxyl groups is 1. The third-order valence-electron chi connectivity index (χ3n) is 6.66. The standard InChI is InChI=1S/C23H26FN3O2/c1-29-21-4-2-3-17(22(21)24)14-27-18-5-6-19(27)12-23(28,11-18)15-26-10-8-16-7-9-25-13-20(16)26/h2-4,7-10,13,18-19,28H,5-6,11-12,14-15H2,1H3. The van der Waals surface area contributed by atoms with Crippen LogP contribution in [0.15, 0.2) is 48.9 Å². The minimum atomic E-state index is -0.753. The Kier molecular flexibility index (Phi) is 4.56. The average molecular weight is 395 g/mol. The van der Waals surface area contributed by atoms with Crippen LogP contribution in [0.4, 0.5) is 4.39 Å². The lowest BCUT2D eigenvalue weighted by Gasteiger charge is -2.44. The van der Waals surface area contributed by atoms with Gasteiger partial charge < -0.3 is 14.4 Å². The lowest BCUT2D eigenvalue weighted by atomic mass is 9.85. The number of benzene rings is 1. The number of hydrogen-bond acceptors (Lipinski definition) is 4. The van der Waals surface area contributed by atoms with Gasteiger partial charge in [0.1, 0.15) is 0 Å². The maximum absolute atomic E-state index is 14.6. The van der Waals surface area contributed by atoms with Gasteiger partial charge in [-0.25, -0.2) is 4.39 Å². The maximum Gasteiger partial charge on any atom is 0.169 e. The van der Waals surface area contributed by atoms with E-state index in [1.165, 1.54) is 7.11 Å². The lowest BCUT2D eigenvalue weighted by Crippen LogP contribution is -2.52. The summed E-state index contributed by atoms with van der Waals surface area (Å²) in [7, 11) is 1.49. The van der Waals surface area contributed by atoms with E-state index in [1.807, 2.05) is 30.6 Å². The zero-order chi connectivity index (χ0) is 20.0. The average Bonchev–Trinajstić information content (AvgIpc) is 3.22. The first-order valence-corrected chi connectivity index (χ1v) is 10.2. The highest BCUT2D eigenvalue weighted by Crippen LogP contribution is 2.43. The molecule has 0 saturated carbocycles. The Morgan fingerprint density at radius 2 is 2.00 bits per heavy atom. The zero-order valence-electron chi connectivity index (χ0n) is 16.6. The number of hydrogen-bond donors (Lipinski definition) is 1. The molecule has 6 heteroatoms. The molecule has 4 heterocycles. The van der Waals surface area contributed by atoms with Gasteiger partial charge in [-0.3, -0.25) is 9.88 Å². The van der Waals surface area contributed by atoms with Gasteiger partial charge in [-0.2, -0.15) is 0 Å². The van der Waals surface area contributed by atoms with Crippen LogP contribution in [0.2, 0.25) is 0 Å². The van der Waals surface area contributed by atoms with Gasteiger partial charge >= 0.3 is 0 Å². The van der Waals surface area contributed by atoms with Crippen LogP contribution in [0, 0.1) is 5.82 Å². The van der Waals surface area contributed by atoms with Crippen molar-refractivity contribution in [2.75, 3.05) is 7.11 Å². The van der Waals surface area contributed by atoms with Crippen LogP contribution in [0.3, 0.4) is 0 Å². The number of halogens is 1. The van der Waals surface area contributed by atoms with Gasteiger partial charge in [0.25, 0.3) is 0 Å². The van der Waals surface area contributed by atoms with Crippen molar-refractivity contribution in [1.82, 2.24) is 14.5 Å². The number of fused-ring (bicyclic) bond motifs is 3. The highest BCUT2D eigenvalue weighted by atomic mass is 19.1. The highest BCUT2D eigenvalue weighted by molar-refractivity contribution is 5.78. The smallest absolute Gasteiger partial charge is 0.169 e. The van der Waals surface area contributed by atoms with Crippen molar-refractivity contribution in [3.05, 3.63) is 60.3 Å². The van der Waals surface area contributed by atoms with Crippen LogP contribution in [0.25, 0.3) is 10.9 Å². The minimum absolute atomic E-state index is 0.268. The minimum Gasteiger partial charge on any atom is -0.494 e. The predicted molar refractivity (Wildman–Crippen MR) is 109 cm³/mol. The second kappa shape index (κ2) is 7.11. The van der Waals surface area contributed by atoms with E-state index in [0.29, 0.717) is 31.5 Å². The second-order valence-corrected chi connectivity index (χ2v) is 8.50. The Balaban J connectivity index is 1.34. The molecule has 2 aromatic heterocycles. The molecule has 2 atom stereocenters. The van der Waals surface area contributed by atoms with E-state index in [1.54, 1.807) is 12.3 Å². The van der Waals surface area contributed by atoms with E-state index in [-0.39, 0.29) is 23.7 Å². The Hall–Kier alpha value is -2.44. The third-order valence-corrected chi connectivity index (χ3v) is 6.66. The van der Waals surface area contributed by atoms with Gasteiger partial charge in [0, 0.05) is 42.0 Å². The molecule has 29 heavy (non-hydrogen) atoms. The Labute approximate surface area is 169 Å². The van der Waals surface area contributed by atoms with Gasteiger partial charge in [0.2, 0.25) is 0 Å². The number of aromatic nitrogens is 2. The van der Waals surface area contributed by atoms with Crippen LogP contribution >= 0.6 is 0 Å². The van der Waals surface area contributed by atoms with E-state index in [9.17, 15) is 9.50 Å². The molecule has 0 aliphatic carbocycles. The van der Waals surface area contributed by atoms with E-state index in [0.717, 1.165) is 23.7 Å². The first-order valence-electron chi connectivity index (χ1n) is 10.2. The number of pyridine rings is 1. The normalized spacial score (nSPS) is 26.9. The van der Waals surface area contributed by atoms with Crippen LogP contribution in [-0.2, 0) is 13.1 Å². The molecule has 2 aliphatic heterocycles. The molecule has 152 valence electrons. The summed E-state index contributed by atoms with van der Waals surface area (Å²) in [5, 5.41) is 12.6. The topological polar surface area (TPSA) is 50.5 Å². The number of piperidine rings is 1. The zero-order valence-corrected chi connectivity index (χ0v) is 16.6. The van der Waals surface area contributed by atoms with Crippen LogP contribution in [0.1, 0.15) is 31.2 Å². The van der Waals surface area contributed by atoms with Crippen LogP contribution in [0.5, 0.6) is 5.75 Å². The van der Waals surface area contributed by atoms with E-state index >= 15 is 0 Å². The van der Waals surface area contributed by atoms with Crippen LogP contribution in [-0.4, -0.2) is 44.4 Å². The van der Waals surface area contributed by atoms with Crippen molar-refractivity contribution in [3.63, 3.8) is 0 Å².